The van der Waals surface area contributed by atoms with Gasteiger partial charge in [0.25, 0.3) is 0 Å². The molecule has 0 spiro atoms. The van der Waals surface area contributed by atoms with E-state index in [1.807, 2.05) is 13.1 Å². The van der Waals surface area contributed by atoms with Gasteiger partial charge in [0.1, 0.15) is 5.82 Å². The molecule has 1 atom stereocenters. The molecule has 0 bridgehead atoms. The van der Waals surface area contributed by atoms with Crippen LogP contribution in [0.25, 0.3) is 0 Å². The Morgan fingerprint density at radius 3 is 2.94 bits per heavy atom. The topological polar surface area (TPSA) is 44.3 Å². The summed E-state index contributed by atoms with van der Waals surface area (Å²) in [6.45, 7) is 8.18. The van der Waals surface area contributed by atoms with Crippen LogP contribution in [0.1, 0.15) is 13.8 Å². The Bertz CT molecular complexity index is 411. The quantitative estimate of drug-likeness (QED) is 0.922. The fourth-order valence-electron chi connectivity index (χ4n) is 2.06. The summed E-state index contributed by atoms with van der Waals surface area (Å²) in [7, 11) is 2.17. The molecule has 1 aromatic heterocycles. The molecule has 0 aliphatic carbocycles. The highest BCUT2D eigenvalue weighted by atomic mass is 79.9. The third-order valence-electron chi connectivity index (χ3n) is 3.32. The van der Waals surface area contributed by atoms with E-state index >= 15 is 0 Å². The molecule has 0 radical (unpaired) electrons. The third kappa shape index (κ3) is 2.92. The molecule has 5 nitrogen and oxygen atoms in total. The molecule has 18 heavy (non-hydrogen) atoms. The van der Waals surface area contributed by atoms with Gasteiger partial charge in [-0.1, -0.05) is 0 Å². The highest BCUT2D eigenvalue weighted by Crippen LogP contribution is 2.26. The summed E-state index contributed by atoms with van der Waals surface area (Å²) >= 11 is 3.54. The van der Waals surface area contributed by atoms with Crippen LogP contribution in [0.15, 0.2) is 10.7 Å². The van der Waals surface area contributed by atoms with E-state index < -0.39 is 0 Å². The van der Waals surface area contributed by atoms with Crippen molar-refractivity contribution in [3.63, 3.8) is 0 Å². The van der Waals surface area contributed by atoms with Gasteiger partial charge in [-0.05, 0) is 36.8 Å². The first-order valence-corrected chi connectivity index (χ1v) is 7.12. The number of halogens is 1. The second-order valence-corrected chi connectivity index (χ2v) is 5.53. The lowest BCUT2D eigenvalue weighted by atomic mass is 10.2. The molecule has 1 N–H and O–H groups in total. The summed E-state index contributed by atoms with van der Waals surface area (Å²) in [6.07, 6.45) is 1.82. The monoisotopic (exact) mass is 313 g/mol. The molecule has 1 fully saturated rings. The largest absolute Gasteiger partial charge is 0.354 e. The van der Waals surface area contributed by atoms with E-state index in [4.69, 9.17) is 0 Å². The highest BCUT2D eigenvalue weighted by Gasteiger charge is 2.23. The lowest BCUT2D eigenvalue weighted by Gasteiger charge is -2.38. The number of rotatable bonds is 3. The number of anilines is 2. The van der Waals surface area contributed by atoms with Crippen molar-refractivity contribution >= 4 is 27.7 Å². The van der Waals surface area contributed by atoms with Crippen molar-refractivity contribution in [1.82, 2.24) is 14.9 Å². The molecule has 1 aliphatic heterocycles. The van der Waals surface area contributed by atoms with Crippen molar-refractivity contribution < 1.29 is 0 Å². The first-order chi connectivity index (χ1) is 8.61. The molecule has 2 heterocycles. The number of hydrogen-bond donors (Lipinski definition) is 1. The third-order valence-corrected chi connectivity index (χ3v) is 3.88. The summed E-state index contributed by atoms with van der Waals surface area (Å²) < 4.78 is 0.959. The summed E-state index contributed by atoms with van der Waals surface area (Å²) in [6, 6.07) is 0.545. The van der Waals surface area contributed by atoms with Gasteiger partial charge in [-0.2, -0.15) is 4.98 Å². The van der Waals surface area contributed by atoms with Crippen LogP contribution in [0.5, 0.6) is 0 Å². The minimum atomic E-state index is 0.545. The number of nitrogens with zero attached hydrogens (tertiary/aromatic N) is 4. The maximum atomic E-state index is 4.58. The first-order valence-electron chi connectivity index (χ1n) is 6.33. The van der Waals surface area contributed by atoms with E-state index in [0.717, 1.165) is 36.5 Å². The second-order valence-electron chi connectivity index (χ2n) is 4.67. The van der Waals surface area contributed by atoms with Crippen molar-refractivity contribution in [2.75, 3.05) is 43.4 Å². The molecule has 1 aliphatic rings. The minimum Gasteiger partial charge on any atom is -0.354 e. The normalized spacial score (nSPS) is 21.1. The molecule has 100 valence electrons. The first kappa shape index (κ1) is 13.5. The Morgan fingerprint density at radius 2 is 2.28 bits per heavy atom. The lowest BCUT2D eigenvalue weighted by molar-refractivity contribution is 0.233. The van der Waals surface area contributed by atoms with Crippen LogP contribution in [0.2, 0.25) is 0 Å². The number of aromatic nitrogens is 2. The zero-order valence-corrected chi connectivity index (χ0v) is 12.7. The Hall–Kier alpha value is -0.880. The van der Waals surface area contributed by atoms with E-state index in [2.05, 4.69) is 55.0 Å². The van der Waals surface area contributed by atoms with E-state index in [9.17, 15) is 0 Å². The SMILES string of the molecule is CCNc1ncc(Br)c(N2CCN(C)C(C)C2)n1. The Labute approximate surface area is 117 Å². The summed E-state index contributed by atoms with van der Waals surface area (Å²) in [4.78, 5) is 13.5. The van der Waals surface area contributed by atoms with Gasteiger partial charge in [-0.25, -0.2) is 4.98 Å². The fourth-order valence-corrected chi connectivity index (χ4v) is 2.51. The predicted molar refractivity (Wildman–Crippen MR) is 78.2 cm³/mol. The van der Waals surface area contributed by atoms with Crippen molar-refractivity contribution in [2.45, 2.75) is 19.9 Å². The van der Waals surface area contributed by atoms with Crippen molar-refractivity contribution in [3.8, 4) is 0 Å². The molecule has 1 saturated heterocycles. The highest BCUT2D eigenvalue weighted by molar-refractivity contribution is 9.10. The van der Waals surface area contributed by atoms with Crippen LogP contribution in [0, 0.1) is 0 Å². The van der Waals surface area contributed by atoms with E-state index in [1.54, 1.807) is 0 Å². The van der Waals surface area contributed by atoms with Gasteiger partial charge in [0, 0.05) is 38.4 Å². The molecule has 1 unspecified atom stereocenters. The Balaban J connectivity index is 2.19. The van der Waals surface area contributed by atoms with Crippen molar-refractivity contribution in [3.05, 3.63) is 10.7 Å². The zero-order chi connectivity index (χ0) is 13.1. The van der Waals surface area contributed by atoms with E-state index in [1.165, 1.54) is 0 Å². The Morgan fingerprint density at radius 1 is 1.50 bits per heavy atom. The number of nitrogens with one attached hydrogen (secondary N) is 1. The number of piperazine rings is 1. The van der Waals surface area contributed by atoms with Crippen LogP contribution in [-0.2, 0) is 0 Å². The summed E-state index contributed by atoms with van der Waals surface area (Å²) in [5, 5.41) is 3.15. The molecule has 0 amide bonds. The predicted octanol–water partition coefficient (Wildman–Crippen LogP) is 1.81. The molecular weight excluding hydrogens is 294 g/mol. The standard InChI is InChI=1S/C12H20BrN5/c1-4-14-12-15-7-10(13)11(16-12)18-6-5-17(3)9(2)8-18/h7,9H,4-6,8H2,1-3H3,(H,14,15,16). The van der Waals surface area contributed by atoms with Crippen LogP contribution in [-0.4, -0.2) is 54.1 Å². The maximum absolute atomic E-state index is 4.58. The van der Waals surface area contributed by atoms with Crippen molar-refractivity contribution in [1.29, 1.82) is 0 Å². The second kappa shape index (κ2) is 5.84. The molecule has 6 heteroatoms. The van der Waals surface area contributed by atoms with Crippen molar-refractivity contribution in [2.24, 2.45) is 0 Å². The van der Waals surface area contributed by atoms with Gasteiger partial charge < -0.3 is 15.1 Å². The van der Waals surface area contributed by atoms with Gasteiger partial charge in [0.15, 0.2) is 0 Å². The fraction of sp³-hybridized carbons (Fsp3) is 0.667. The minimum absolute atomic E-state index is 0.545. The van der Waals surface area contributed by atoms with Gasteiger partial charge >= 0.3 is 0 Å². The average molecular weight is 314 g/mol. The van der Waals surface area contributed by atoms with Gasteiger partial charge in [0.2, 0.25) is 5.95 Å². The van der Waals surface area contributed by atoms with Gasteiger partial charge in [-0.15, -0.1) is 0 Å². The maximum Gasteiger partial charge on any atom is 0.224 e. The van der Waals surface area contributed by atoms with Crippen LogP contribution < -0.4 is 10.2 Å². The van der Waals surface area contributed by atoms with Crippen LogP contribution in [0.4, 0.5) is 11.8 Å². The zero-order valence-electron chi connectivity index (χ0n) is 11.1. The lowest BCUT2D eigenvalue weighted by Crippen LogP contribution is -2.50. The van der Waals surface area contributed by atoms with Crippen LogP contribution >= 0.6 is 15.9 Å². The summed E-state index contributed by atoms with van der Waals surface area (Å²) in [5.41, 5.74) is 0. The Kier molecular flexibility index (Phi) is 4.40. The van der Waals surface area contributed by atoms with Gasteiger partial charge in [0.05, 0.1) is 4.47 Å². The number of likely N-dealkylation sites (N-methyl/N-ethyl adjacent to an activating group) is 1. The molecule has 0 saturated carbocycles. The average Bonchev–Trinajstić information content (AvgIpc) is 2.35. The van der Waals surface area contributed by atoms with Gasteiger partial charge in [-0.3, -0.25) is 0 Å². The molecule has 1 aromatic rings. The number of hydrogen-bond acceptors (Lipinski definition) is 5. The van der Waals surface area contributed by atoms with E-state index in [0.29, 0.717) is 12.0 Å². The smallest absolute Gasteiger partial charge is 0.224 e. The van der Waals surface area contributed by atoms with Crippen LogP contribution in [0.3, 0.4) is 0 Å². The molecule has 2 rings (SSSR count). The van der Waals surface area contributed by atoms with E-state index in [-0.39, 0.29) is 0 Å². The molecular formula is C12H20BrN5. The molecule has 0 aromatic carbocycles. The summed E-state index contributed by atoms with van der Waals surface area (Å²) in [5.74, 6) is 1.68.